The Morgan fingerprint density at radius 2 is 1.82 bits per heavy atom. The normalized spacial score (nSPS) is 16.3. The molecule has 0 atom stereocenters. The highest BCUT2D eigenvalue weighted by Gasteiger charge is 2.16. The first-order valence-electron chi connectivity index (χ1n) is 6.50. The van der Waals surface area contributed by atoms with E-state index in [-0.39, 0.29) is 11.6 Å². The summed E-state index contributed by atoms with van der Waals surface area (Å²) in [6.45, 7) is 0. The topological polar surface area (TPSA) is 17.1 Å². The fraction of sp³-hybridized carbons (Fsp3) is 0.533. The van der Waals surface area contributed by atoms with E-state index >= 15 is 0 Å². The molecule has 92 valence electrons. The molecule has 0 radical (unpaired) electrons. The SMILES string of the molecule is O=C(CCC1CCCC1)Cc1ccc(F)cc1. The largest absolute Gasteiger partial charge is 0.299 e. The van der Waals surface area contributed by atoms with Crippen molar-refractivity contribution in [2.45, 2.75) is 44.9 Å². The van der Waals surface area contributed by atoms with Crippen molar-refractivity contribution in [1.82, 2.24) is 0 Å². The van der Waals surface area contributed by atoms with Gasteiger partial charge < -0.3 is 0 Å². The van der Waals surface area contributed by atoms with E-state index < -0.39 is 0 Å². The van der Waals surface area contributed by atoms with E-state index in [0.29, 0.717) is 12.8 Å². The van der Waals surface area contributed by atoms with E-state index in [1.807, 2.05) is 0 Å². The first-order valence-corrected chi connectivity index (χ1v) is 6.50. The highest BCUT2D eigenvalue weighted by Crippen LogP contribution is 2.28. The van der Waals surface area contributed by atoms with Gasteiger partial charge in [-0.3, -0.25) is 4.79 Å². The van der Waals surface area contributed by atoms with E-state index in [9.17, 15) is 9.18 Å². The highest BCUT2D eigenvalue weighted by atomic mass is 19.1. The number of carbonyl (C=O) groups is 1. The van der Waals surface area contributed by atoms with Crippen LogP contribution in [0.5, 0.6) is 0 Å². The standard InChI is InChI=1S/C15H19FO/c16-14-8-5-13(6-9-14)11-15(17)10-7-12-3-1-2-4-12/h5-6,8-9,12H,1-4,7,10-11H2. The van der Waals surface area contributed by atoms with Crippen molar-refractivity contribution in [3.8, 4) is 0 Å². The number of carbonyl (C=O) groups excluding carboxylic acids is 1. The van der Waals surface area contributed by atoms with Crippen LogP contribution in [0.1, 0.15) is 44.1 Å². The summed E-state index contributed by atoms with van der Waals surface area (Å²) in [5.41, 5.74) is 0.919. The van der Waals surface area contributed by atoms with Gasteiger partial charge in [-0.05, 0) is 30.0 Å². The van der Waals surface area contributed by atoms with Crippen LogP contribution in [-0.2, 0) is 11.2 Å². The molecule has 0 unspecified atom stereocenters. The van der Waals surface area contributed by atoms with Crippen molar-refractivity contribution in [3.05, 3.63) is 35.6 Å². The van der Waals surface area contributed by atoms with Crippen molar-refractivity contribution in [2.75, 3.05) is 0 Å². The summed E-state index contributed by atoms with van der Waals surface area (Å²) < 4.78 is 12.7. The summed E-state index contributed by atoms with van der Waals surface area (Å²) in [6, 6.07) is 6.23. The molecule has 0 amide bonds. The molecule has 0 spiro atoms. The van der Waals surface area contributed by atoms with Crippen LogP contribution in [0, 0.1) is 11.7 Å². The second-order valence-corrected chi connectivity index (χ2v) is 5.03. The predicted molar refractivity (Wildman–Crippen MR) is 66.3 cm³/mol. The average molecular weight is 234 g/mol. The zero-order valence-corrected chi connectivity index (χ0v) is 10.1. The number of benzene rings is 1. The highest BCUT2D eigenvalue weighted by molar-refractivity contribution is 5.80. The van der Waals surface area contributed by atoms with Crippen LogP contribution in [-0.4, -0.2) is 5.78 Å². The maximum Gasteiger partial charge on any atom is 0.137 e. The van der Waals surface area contributed by atoms with Gasteiger partial charge in [-0.15, -0.1) is 0 Å². The molecule has 1 nitrogen and oxygen atoms in total. The molecule has 1 fully saturated rings. The molecule has 0 N–H and O–H groups in total. The minimum Gasteiger partial charge on any atom is -0.299 e. The molecule has 1 saturated carbocycles. The molecule has 1 aliphatic carbocycles. The van der Waals surface area contributed by atoms with Gasteiger partial charge in [0.25, 0.3) is 0 Å². The molecule has 0 aromatic heterocycles. The summed E-state index contributed by atoms with van der Waals surface area (Å²) in [7, 11) is 0. The zero-order chi connectivity index (χ0) is 12.1. The lowest BCUT2D eigenvalue weighted by Gasteiger charge is -2.07. The molecular formula is C15H19FO. The van der Waals surface area contributed by atoms with Crippen molar-refractivity contribution < 1.29 is 9.18 Å². The molecule has 0 heterocycles. The molecule has 17 heavy (non-hydrogen) atoms. The van der Waals surface area contributed by atoms with E-state index in [1.54, 1.807) is 12.1 Å². The summed E-state index contributed by atoms with van der Waals surface area (Å²) in [5, 5.41) is 0. The van der Waals surface area contributed by atoms with Gasteiger partial charge >= 0.3 is 0 Å². The molecule has 0 saturated heterocycles. The maximum absolute atomic E-state index is 12.7. The summed E-state index contributed by atoms with van der Waals surface area (Å²) in [6.07, 6.45) is 7.43. The third-order valence-corrected chi connectivity index (χ3v) is 3.62. The number of halogens is 1. The van der Waals surface area contributed by atoms with Gasteiger partial charge in [-0.25, -0.2) is 4.39 Å². The lowest BCUT2D eigenvalue weighted by atomic mass is 9.98. The lowest BCUT2D eigenvalue weighted by Crippen LogP contribution is -2.05. The van der Waals surface area contributed by atoms with E-state index in [2.05, 4.69) is 0 Å². The van der Waals surface area contributed by atoms with Gasteiger partial charge in [0.2, 0.25) is 0 Å². The Labute approximate surface area is 102 Å². The maximum atomic E-state index is 12.7. The van der Waals surface area contributed by atoms with Crippen molar-refractivity contribution in [3.63, 3.8) is 0 Å². The molecule has 1 aromatic rings. The molecular weight excluding hydrogens is 215 g/mol. The Bertz CT molecular complexity index is 363. The number of ketones is 1. The minimum absolute atomic E-state index is 0.243. The Balaban J connectivity index is 1.74. The van der Waals surface area contributed by atoms with E-state index in [0.717, 1.165) is 17.9 Å². The van der Waals surface area contributed by atoms with E-state index in [1.165, 1.54) is 37.8 Å². The second-order valence-electron chi connectivity index (χ2n) is 5.03. The molecule has 2 heteroatoms. The summed E-state index contributed by atoms with van der Waals surface area (Å²) in [4.78, 5) is 11.8. The van der Waals surface area contributed by atoms with Crippen LogP contribution in [0.25, 0.3) is 0 Å². The Hall–Kier alpha value is -1.18. The third-order valence-electron chi connectivity index (χ3n) is 3.62. The lowest BCUT2D eigenvalue weighted by molar-refractivity contribution is -0.118. The van der Waals surface area contributed by atoms with Crippen LogP contribution in [0.4, 0.5) is 4.39 Å². The van der Waals surface area contributed by atoms with Crippen LogP contribution >= 0.6 is 0 Å². The van der Waals surface area contributed by atoms with Crippen molar-refractivity contribution in [2.24, 2.45) is 5.92 Å². The van der Waals surface area contributed by atoms with Crippen LogP contribution in [0.15, 0.2) is 24.3 Å². The minimum atomic E-state index is -0.243. The average Bonchev–Trinajstić information content (AvgIpc) is 2.83. The molecule has 1 aliphatic rings. The molecule has 0 aliphatic heterocycles. The summed E-state index contributed by atoms with van der Waals surface area (Å²) in [5.74, 6) is 0.808. The Morgan fingerprint density at radius 1 is 1.18 bits per heavy atom. The summed E-state index contributed by atoms with van der Waals surface area (Å²) >= 11 is 0. The first-order chi connectivity index (χ1) is 8.24. The molecule has 1 aromatic carbocycles. The van der Waals surface area contributed by atoms with Crippen molar-refractivity contribution >= 4 is 5.78 Å². The van der Waals surface area contributed by atoms with Crippen LogP contribution in [0.2, 0.25) is 0 Å². The Kier molecular flexibility index (Phi) is 4.29. The van der Waals surface area contributed by atoms with Gasteiger partial charge in [0.05, 0.1) is 0 Å². The van der Waals surface area contributed by atoms with E-state index in [4.69, 9.17) is 0 Å². The number of hydrogen-bond donors (Lipinski definition) is 0. The fourth-order valence-corrected chi connectivity index (χ4v) is 2.58. The Morgan fingerprint density at radius 3 is 2.47 bits per heavy atom. The van der Waals surface area contributed by atoms with Gasteiger partial charge in [-0.2, -0.15) is 0 Å². The van der Waals surface area contributed by atoms with Gasteiger partial charge in [0, 0.05) is 12.8 Å². The van der Waals surface area contributed by atoms with Crippen LogP contribution in [0.3, 0.4) is 0 Å². The fourth-order valence-electron chi connectivity index (χ4n) is 2.58. The quantitative estimate of drug-likeness (QED) is 0.755. The number of rotatable bonds is 5. The van der Waals surface area contributed by atoms with Gasteiger partial charge in [0.1, 0.15) is 11.6 Å². The molecule has 2 rings (SSSR count). The first kappa shape index (κ1) is 12.3. The third kappa shape index (κ3) is 3.95. The zero-order valence-electron chi connectivity index (χ0n) is 10.1. The smallest absolute Gasteiger partial charge is 0.137 e. The predicted octanol–water partition coefficient (Wildman–Crippen LogP) is 3.91. The van der Waals surface area contributed by atoms with Gasteiger partial charge in [0.15, 0.2) is 0 Å². The monoisotopic (exact) mass is 234 g/mol. The molecule has 0 bridgehead atoms. The number of hydrogen-bond acceptors (Lipinski definition) is 1. The van der Waals surface area contributed by atoms with Gasteiger partial charge in [-0.1, -0.05) is 37.8 Å². The van der Waals surface area contributed by atoms with Crippen LogP contribution < -0.4 is 0 Å². The van der Waals surface area contributed by atoms with Crippen molar-refractivity contribution in [1.29, 1.82) is 0 Å². The number of Topliss-reactive ketones (excluding diaryl/α,β-unsaturated/α-hetero) is 1. The second kappa shape index (κ2) is 5.95.